The first-order valence-corrected chi connectivity index (χ1v) is 9.63. The summed E-state index contributed by atoms with van der Waals surface area (Å²) >= 11 is 1.53. The van der Waals surface area contributed by atoms with Gasteiger partial charge in [-0.3, -0.25) is 0 Å². The van der Waals surface area contributed by atoms with Gasteiger partial charge < -0.3 is 20.1 Å². The molecule has 0 radical (unpaired) electrons. The van der Waals surface area contributed by atoms with Gasteiger partial charge in [0.1, 0.15) is 23.9 Å². The standard InChI is InChI=1S/C20H20N4O4S/c1-24(2)20(27)28-14-7-5-13(6-8-14)10-16(19(25)26)23-18-15(11-21-12-22-18)17-4-3-9-29-17/h3-9,11-12,16H,10H2,1-2H3,(H,25,26)(H,21,22,23)/t16-/m0/s1. The lowest BCUT2D eigenvalue weighted by Crippen LogP contribution is -2.32. The molecule has 1 amide bonds. The Morgan fingerprint density at radius 2 is 2.00 bits per heavy atom. The van der Waals surface area contributed by atoms with Gasteiger partial charge in [0.05, 0.1) is 5.56 Å². The summed E-state index contributed by atoms with van der Waals surface area (Å²) in [6, 6.07) is 9.69. The summed E-state index contributed by atoms with van der Waals surface area (Å²) in [4.78, 5) is 34.0. The molecule has 1 aromatic carbocycles. The van der Waals surface area contributed by atoms with Gasteiger partial charge in [-0.1, -0.05) is 18.2 Å². The van der Waals surface area contributed by atoms with E-state index in [2.05, 4.69) is 15.3 Å². The third-order valence-electron chi connectivity index (χ3n) is 4.04. The van der Waals surface area contributed by atoms with Gasteiger partial charge in [0.15, 0.2) is 0 Å². The number of hydrogen-bond acceptors (Lipinski definition) is 7. The molecule has 0 aliphatic heterocycles. The van der Waals surface area contributed by atoms with Crippen molar-refractivity contribution in [1.29, 1.82) is 0 Å². The molecule has 0 saturated carbocycles. The van der Waals surface area contributed by atoms with Crippen LogP contribution < -0.4 is 10.1 Å². The molecule has 2 heterocycles. The highest BCUT2D eigenvalue weighted by Crippen LogP contribution is 2.29. The van der Waals surface area contributed by atoms with E-state index in [0.717, 1.165) is 16.0 Å². The molecule has 0 spiro atoms. The van der Waals surface area contributed by atoms with E-state index < -0.39 is 18.1 Å². The average molecular weight is 412 g/mol. The molecule has 0 aliphatic rings. The first kappa shape index (κ1) is 20.3. The Hall–Kier alpha value is -3.46. The van der Waals surface area contributed by atoms with Crippen LogP contribution in [0.25, 0.3) is 10.4 Å². The number of carboxylic acid groups (broad SMARTS) is 1. The molecule has 0 saturated heterocycles. The van der Waals surface area contributed by atoms with Crippen LogP contribution >= 0.6 is 11.3 Å². The maximum atomic E-state index is 11.8. The van der Waals surface area contributed by atoms with Crippen LogP contribution in [0.15, 0.2) is 54.3 Å². The Balaban J connectivity index is 1.74. The summed E-state index contributed by atoms with van der Waals surface area (Å²) < 4.78 is 5.18. The van der Waals surface area contributed by atoms with E-state index in [4.69, 9.17) is 4.74 Å². The van der Waals surface area contributed by atoms with E-state index >= 15 is 0 Å². The monoisotopic (exact) mass is 412 g/mol. The van der Waals surface area contributed by atoms with Gasteiger partial charge in [-0.05, 0) is 29.1 Å². The van der Waals surface area contributed by atoms with Crippen molar-refractivity contribution < 1.29 is 19.4 Å². The highest BCUT2D eigenvalue weighted by molar-refractivity contribution is 7.13. The second-order valence-electron chi connectivity index (χ2n) is 6.41. The molecule has 0 unspecified atom stereocenters. The SMILES string of the molecule is CN(C)C(=O)Oc1ccc(C[C@H](Nc2ncncc2-c2cccs2)C(=O)O)cc1. The number of benzene rings is 1. The number of nitrogens with one attached hydrogen (secondary N) is 1. The zero-order valence-electron chi connectivity index (χ0n) is 15.9. The van der Waals surface area contributed by atoms with Crippen LogP contribution in [0.1, 0.15) is 5.56 Å². The number of anilines is 1. The summed E-state index contributed by atoms with van der Waals surface area (Å²) in [5.41, 5.74) is 1.53. The maximum Gasteiger partial charge on any atom is 0.414 e. The number of carboxylic acids is 1. The number of carbonyl (C=O) groups excluding carboxylic acids is 1. The summed E-state index contributed by atoms with van der Waals surface area (Å²) in [5.74, 6) is -0.140. The van der Waals surface area contributed by atoms with Crippen molar-refractivity contribution in [3.63, 3.8) is 0 Å². The van der Waals surface area contributed by atoms with Crippen LogP contribution in [0.4, 0.5) is 10.6 Å². The van der Waals surface area contributed by atoms with Crippen molar-refractivity contribution in [3.05, 3.63) is 59.9 Å². The smallest absolute Gasteiger partial charge is 0.414 e. The summed E-state index contributed by atoms with van der Waals surface area (Å²) in [6.07, 6.45) is 2.79. The van der Waals surface area contributed by atoms with Gasteiger partial charge in [0, 0.05) is 31.6 Å². The molecule has 0 bridgehead atoms. The van der Waals surface area contributed by atoms with Crippen molar-refractivity contribution in [2.45, 2.75) is 12.5 Å². The third-order valence-corrected chi connectivity index (χ3v) is 4.94. The minimum absolute atomic E-state index is 0.227. The van der Waals surface area contributed by atoms with Gasteiger partial charge >= 0.3 is 12.1 Å². The normalized spacial score (nSPS) is 11.5. The fraction of sp³-hybridized carbons (Fsp3) is 0.200. The van der Waals surface area contributed by atoms with Gasteiger partial charge in [0.2, 0.25) is 0 Å². The number of aromatic nitrogens is 2. The van der Waals surface area contributed by atoms with Crippen molar-refractivity contribution in [2.24, 2.45) is 0 Å². The molecule has 0 fully saturated rings. The number of nitrogens with zero attached hydrogens (tertiary/aromatic N) is 3. The molecular formula is C20H20N4O4S. The molecule has 1 atom stereocenters. The largest absolute Gasteiger partial charge is 0.480 e. The van der Waals surface area contributed by atoms with Crippen LogP contribution in [0.5, 0.6) is 5.75 Å². The lowest BCUT2D eigenvalue weighted by atomic mass is 10.1. The predicted molar refractivity (Wildman–Crippen MR) is 110 cm³/mol. The minimum Gasteiger partial charge on any atom is -0.480 e. The number of ether oxygens (including phenoxy) is 1. The molecule has 150 valence electrons. The van der Waals surface area contributed by atoms with E-state index in [1.54, 1.807) is 44.6 Å². The van der Waals surface area contributed by atoms with Crippen molar-refractivity contribution in [1.82, 2.24) is 14.9 Å². The zero-order valence-corrected chi connectivity index (χ0v) is 16.7. The maximum absolute atomic E-state index is 11.8. The number of aliphatic carboxylic acids is 1. The summed E-state index contributed by atoms with van der Waals surface area (Å²) in [6.45, 7) is 0. The molecule has 29 heavy (non-hydrogen) atoms. The summed E-state index contributed by atoms with van der Waals surface area (Å²) in [5, 5.41) is 14.6. The number of hydrogen-bond donors (Lipinski definition) is 2. The molecular weight excluding hydrogens is 392 g/mol. The number of thiophene rings is 1. The molecule has 0 aliphatic carbocycles. The zero-order chi connectivity index (χ0) is 20.8. The molecule has 9 heteroatoms. The van der Waals surface area contributed by atoms with E-state index in [0.29, 0.717) is 11.6 Å². The molecule has 2 N–H and O–H groups in total. The first-order valence-electron chi connectivity index (χ1n) is 8.75. The van der Waals surface area contributed by atoms with Gasteiger partial charge in [-0.2, -0.15) is 0 Å². The van der Waals surface area contributed by atoms with Crippen molar-refractivity contribution >= 4 is 29.2 Å². The van der Waals surface area contributed by atoms with Crippen LogP contribution in [0, 0.1) is 0 Å². The second kappa shape index (κ2) is 9.16. The lowest BCUT2D eigenvalue weighted by Gasteiger charge is -2.17. The van der Waals surface area contributed by atoms with E-state index in [1.165, 1.54) is 22.6 Å². The van der Waals surface area contributed by atoms with Gasteiger partial charge in [0.25, 0.3) is 0 Å². The topological polar surface area (TPSA) is 105 Å². The van der Waals surface area contributed by atoms with Crippen molar-refractivity contribution in [2.75, 3.05) is 19.4 Å². The fourth-order valence-corrected chi connectivity index (χ4v) is 3.28. The van der Waals surface area contributed by atoms with Crippen LogP contribution in [0.2, 0.25) is 0 Å². The Morgan fingerprint density at radius 3 is 2.62 bits per heavy atom. The number of amides is 1. The van der Waals surface area contributed by atoms with Crippen molar-refractivity contribution in [3.8, 4) is 16.2 Å². The van der Waals surface area contributed by atoms with E-state index in [1.807, 2.05) is 17.5 Å². The molecule has 2 aromatic heterocycles. The van der Waals surface area contributed by atoms with Gasteiger partial charge in [-0.15, -0.1) is 11.3 Å². The predicted octanol–water partition coefficient (Wildman–Crippen LogP) is 3.37. The first-order chi connectivity index (χ1) is 13.9. The van der Waals surface area contributed by atoms with Crippen LogP contribution in [-0.4, -0.2) is 52.2 Å². The fourth-order valence-electron chi connectivity index (χ4n) is 2.54. The molecule has 8 nitrogen and oxygen atoms in total. The summed E-state index contributed by atoms with van der Waals surface area (Å²) in [7, 11) is 3.19. The second-order valence-corrected chi connectivity index (χ2v) is 7.36. The quantitative estimate of drug-likeness (QED) is 0.613. The minimum atomic E-state index is -0.996. The number of rotatable bonds is 7. The lowest BCUT2D eigenvalue weighted by molar-refractivity contribution is -0.137. The van der Waals surface area contributed by atoms with Gasteiger partial charge in [-0.25, -0.2) is 19.6 Å². The van der Waals surface area contributed by atoms with E-state index in [9.17, 15) is 14.7 Å². The van der Waals surface area contributed by atoms with E-state index in [-0.39, 0.29) is 6.42 Å². The third kappa shape index (κ3) is 5.29. The Bertz CT molecular complexity index is 974. The molecule has 3 rings (SSSR count). The van der Waals surface area contributed by atoms with Crippen LogP contribution in [-0.2, 0) is 11.2 Å². The Kier molecular flexibility index (Phi) is 6.40. The highest BCUT2D eigenvalue weighted by Gasteiger charge is 2.21. The Morgan fingerprint density at radius 1 is 1.24 bits per heavy atom. The number of carbonyl (C=O) groups is 2. The average Bonchev–Trinajstić information content (AvgIpc) is 3.23. The highest BCUT2D eigenvalue weighted by atomic mass is 32.1. The Labute approximate surface area is 171 Å². The van der Waals surface area contributed by atoms with Crippen LogP contribution in [0.3, 0.4) is 0 Å². The molecule has 3 aromatic rings.